The standard InChI is InChI=1S/C12H16BrN3O2/c1-8-3-4-10(13)9(7-8)12(17)16(2)6-5-11(14)15-18/h3-4,7,18H,5-6H2,1-2H3,(H2,14,15). The van der Waals surface area contributed by atoms with Crippen LogP contribution in [0.3, 0.4) is 0 Å². The van der Waals surface area contributed by atoms with Crippen molar-refractivity contribution >= 4 is 27.7 Å². The largest absolute Gasteiger partial charge is 0.409 e. The topological polar surface area (TPSA) is 78.9 Å². The van der Waals surface area contributed by atoms with E-state index in [0.717, 1.165) is 10.0 Å². The number of carbonyl (C=O) groups is 1. The van der Waals surface area contributed by atoms with Gasteiger partial charge in [-0.2, -0.15) is 0 Å². The Hall–Kier alpha value is -1.56. The van der Waals surface area contributed by atoms with Gasteiger partial charge in [-0.1, -0.05) is 16.8 Å². The van der Waals surface area contributed by atoms with Crippen LogP contribution < -0.4 is 5.73 Å². The molecule has 1 rings (SSSR count). The van der Waals surface area contributed by atoms with Crippen LogP contribution in [-0.2, 0) is 0 Å². The lowest BCUT2D eigenvalue weighted by Crippen LogP contribution is -2.30. The number of aryl methyl sites for hydroxylation is 1. The van der Waals surface area contributed by atoms with Crippen LogP contribution in [-0.4, -0.2) is 35.4 Å². The minimum absolute atomic E-state index is 0.101. The quantitative estimate of drug-likeness (QED) is 0.386. The Kier molecular flexibility index (Phi) is 5.15. The first-order valence-corrected chi connectivity index (χ1v) is 6.23. The second-order valence-corrected chi connectivity index (χ2v) is 4.91. The van der Waals surface area contributed by atoms with E-state index >= 15 is 0 Å². The molecule has 0 saturated carbocycles. The van der Waals surface area contributed by atoms with Gasteiger partial charge in [-0.3, -0.25) is 4.79 Å². The number of hydrogen-bond acceptors (Lipinski definition) is 3. The molecule has 0 bridgehead atoms. The van der Waals surface area contributed by atoms with E-state index in [2.05, 4.69) is 21.1 Å². The lowest BCUT2D eigenvalue weighted by molar-refractivity contribution is 0.0797. The Labute approximate surface area is 114 Å². The molecule has 1 aromatic carbocycles. The van der Waals surface area contributed by atoms with Crippen molar-refractivity contribution in [1.82, 2.24) is 4.90 Å². The monoisotopic (exact) mass is 313 g/mol. The summed E-state index contributed by atoms with van der Waals surface area (Å²) in [5.41, 5.74) is 7.00. The van der Waals surface area contributed by atoms with Gasteiger partial charge in [-0.25, -0.2) is 0 Å². The summed E-state index contributed by atoms with van der Waals surface area (Å²) < 4.78 is 0.758. The molecule has 0 fully saturated rings. The average molecular weight is 314 g/mol. The van der Waals surface area contributed by atoms with Gasteiger partial charge >= 0.3 is 0 Å². The number of nitrogens with two attached hydrogens (primary N) is 1. The van der Waals surface area contributed by atoms with Crippen LogP contribution in [0.15, 0.2) is 27.8 Å². The van der Waals surface area contributed by atoms with E-state index < -0.39 is 0 Å². The molecule has 3 N–H and O–H groups in total. The molecule has 0 atom stereocenters. The molecule has 6 heteroatoms. The number of oxime groups is 1. The maximum atomic E-state index is 12.2. The Morgan fingerprint density at radius 2 is 2.22 bits per heavy atom. The molecule has 0 aliphatic heterocycles. The molecule has 5 nitrogen and oxygen atoms in total. The first kappa shape index (κ1) is 14.5. The minimum atomic E-state index is -0.101. The van der Waals surface area contributed by atoms with Crippen LogP contribution >= 0.6 is 15.9 Å². The summed E-state index contributed by atoms with van der Waals surface area (Å²) in [4.78, 5) is 13.7. The van der Waals surface area contributed by atoms with E-state index in [9.17, 15) is 4.79 Å². The van der Waals surface area contributed by atoms with Gasteiger partial charge in [0.25, 0.3) is 5.91 Å². The van der Waals surface area contributed by atoms with E-state index in [0.29, 0.717) is 18.5 Å². The number of halogens is 1. The number of rotatable bonds is 4. The van der Waals surface area contributed by atoms with Gasteiger partial charge in [-0.05, 0) is 35.0 Å². The molecular formula is C12H16BrN3O2. The third kappa shape index (κ3) is 3.73. The van der Waals surface area contributed by atoms with Crippen LogP contribution in [0.5, 0.6) is 0 Å². The molecule has 0 aliphatic carbocycles. The molecule has 98 valence electrons. The van der Waals surface area contributed by atoms with Gasteiger partial charge in [0.15, 0.2) is 0 Å². The van der Waals surface area contributed by atoms with Gasteiger partial charge in [-0.15, -0.1) is 0 Å². The van der Waals surface area contributed by atoms with E-state index in [1.807, 2.05) is 25.1 Å². The van der Waals surface area contributed by atoms with Gasteiger partial charge in [0.1, 0.15) is 5.84 Å². The number of amides is 1. The van der Waals surface area contributed by atoms with Crippen molar-refractivity contribution in [3.8, 4) is 0 Å². The van der Waals surface area contributed by atoms with E-state index in [-0.39, 0.29) is 11.7 Å². The summed E-state index contributed by atoms with van der Waals surface area (Å²) in [6.07, 6.45) is 0.335. The van der Waals surface area contributed by atoms with Gasteiger partial charge in [0.2, 0.25) is 0 Å². The number of carbonyl (C=O) groups excluding carboxylic acids is 1. The maximum absolute atomic E-state index is 12.2. The highest BCUT2D eigenvalue weighted by Crippen LogP contribution is 2.19. The molecule has 1 aromatic rings. The van der Waals surface area contributed by atoms with Crippen molar-refractivity contribution in [1.29, 1.82) is 0 Å². The van der Waals surface area contributed by atoms with Crippen molar-refractivity contribution in [3.63, 3.8) is 0 Å². The minimum Gasteiger partial charge on any atom is -0.409 e. The van der Waals surface area contributed by atoms with Gasteiger partial charge in [0.05, 0.1) is 5.56 Å². The number of amidine groups is 1. The molecule has 0 spiro atoms. The Balaban J connectivity index is 2.77. The SMILES string of the molecule is Cc1ccc(Br)c(C(=O)N(C)CC/C(N)=N/O)c1. The molecule has 0 radical (unpaired) electrons. The first-order valence-electron chi connectivity index (χ1n) is 5.43. The average Bonchev–Trinajstić information content (AvgIpc) is 2.37. The third-order valence-electron chi connectivity index (χ3n) is 2.53. The number of hydrogen-bond donors (Lipinski definition) is 2. The van der Waals surface area contributed by atoms with Crippen LogP contribution in [0.2, 0.25) is 0 Å². The fraction of sp³-hybridized carbons (Fsp3) is 0.333. The predicted molar refractivity (Wildman–Crippen MR) is 73.9 cm³/mol. The Bertz CT molecular complexity index is 474. The molecule has 0 unspecified atom stereocenters. The van der Waals surface area contributed by atoms with Crippen molar-refractivity contribution in [2.45, 2.75) is 13.3 Å². The highest BCUT2D eigenvalue weighted by molar-refractivity contribution is 9.10. The lowest BCUT2D eigenvalue weighted by atomic mass is 10.1. The first-order chi connectivity index (χ1) is 8.45. The summed E-state index contributed by atoms with van der Waals surface area (Å²) in [7, 11) is 1.68. The van der Waals surface area contributed by atoms with Crippen molar-refractivity contribution in [2.75, 3.05) is 13.6 Å². The Morgan fingerprint density at radius 3 is 2.83 bits per heavy atom. The molecule has 1 amide bonds. The summed E-state index contributed by atoms with van der Waals surface area (Å²) >= 11 is 3.36. The van der Waals surface area contributed by atoms with E-state index in [1.165, 1.54) is 4.90 Å². The highest BCUT2D eigenvalue weighted by Gasteiger charge is 2.15. The van der Waals surface area contributed by atoms with Crippen LogP contribution in [0.1, 0.15) is 22.3 Å². The molecule has 0 heterocycles. The fourth-order valence-electron chi connectivity index (χ4n) is 1.44. The molecule has 0 aliphatic rings. The fourth-order valence-corrected chi connectivity index (χ4v) is 1.86. The number of benzene rings is 1. The zero-order valence-electron chi connectivity index (χ0n) is 10.4. The smallest absolute Gasteiger partial charge is 0.254 e. The lowest BCUT2D eigenvalue weighted by Gasteiger charge is -2.17. The maximum Gasteiger partial charge on any atom is 0.254 e. The van der Waals surface area contributed by atoms with Gasteiger partial charge in [0, 0.05) is 24.5 Å². The number of nitrogens with zero attached hydrogens (tertiary/aromatic N) is 2. The highest BCUT2D eigenvalue weighted by atomic mass is 79.9. The molecule has 0 saturated heterocycles. The Morgan fingerprint density at radius 1 is 1.56 bits per heavy atom. The second-order valence-electron chi connectivity index (χ2n) is 4.05. The normalized spacial score (nSPS) is 11.4. The van der Waals surface area contributed by atoms with Crippen molar-refractivity contribution in [2.24, 2.45) is 10.9 Å². The van der Waals surface area contributed by atoms with Crippen molar-refractivity contribution in [3.05, 3.63) is 33.8 Å². The zero-order valence-corrected chi connectivity index (χ0v) is 11.9. The predicted octanol–water partition coefficient (Wildman–Crippen LogP) is 1.97. The van der Waals surface area contributed by atoms with E-state index in [1.54, 1.807) is 7.05 Å². The zero-order chi connectivity index (χ0) is 13.7. The third-order valence-corrected chi connectivity index (χ3v) is 3.22. The molecular weight excluding hydrogens is 298 g/mol. The summed E-state index contributed by atoms with van der Waals surface area (Å²) in [6.45, 7) is 2.33. The summed E-state index contributed by atoms with van der Waals surface area (Å²) in [5, 5.41) is 11.3. The van der Waals surface area contributed by atoms with Crippen LogP contribution in [0.25, 0.3) is 0 Å². The molecule has 18 heavy (non-hydrogen) atoms. The van der Waals surface area contributed by atoms with E-state index in [4.69, 9.17) is 10.9 Å². The summed E-state index contributed by atoms with van der Waals surface area (Å²) in [5.74, 6) is 0.00859. The van der Waals surface area contributed by atoms with Crippen LogP contribution in [0.4, 0.5) is 0 Å². The van der Waals surface area contributed by atoms with Crippen LogP contribution in [0, 0.1) is 6.92 Å². The second kappa shape index (κ2) is 6.39. The van der Waals surface area contributed by atoms with Gasteiger partial charge < -0.3 is 15.8 Å². The molecule has 0 aromatic heterocycles. The van der Waals surface area contributed by atoms with Crippen molar-refractivity contribution < 1.29 is 10.0 Å². The summed E-state index contributed by atoms with van der Waals surface area (Å²) in [6, 6.07) is 5.60.